The molecule has 0 spiro atoms. The molecule has 0 saturated heterocycles. The van der Waals surface area contributed by atoms with Crippen LogP contribution in [0.4, 0.5) is 5.82 Å². The van der Waals surface area contributed by atoms with Gasteiger partial charge in [-0.15, -0.1) is 11.3 Å². The second-order valence-electron chi connectivity index (χ2n) is 3.90. The standard InChI is InChI=1S/C13H14N4S/c1-2-4-11(12-5-3-6-18-12)17-13-9-15-10(7-14)8-16-13/h3,5-6,8-9,11H,2,4H2,1H3,(H,16,17). The molecular weight excluding hydrogens is 244 g/mol. The first-order chi connectivity index (χ1) is 8.83. The molecule has 0 aromatic carbocycles. The Balaban J connectivity index is 2.11. The maximum absolute atomic E-state index is 8.67. The molecule has 0 aliphatic carbocycles. The van der Waals surface area contributed by atoms with E-state index in [9.17, 15) is 0 Å². The number of rotatable bonds is 5. The summed E-state index contributed by atoms with van der Waals surface area (Å²) in [5.41, 5.74) is 0.337. The minimum Gasteiger partial charge on any atom is -0.361 e. The predicted molar refractivity (Wildman–Crippen MR) is 72.3 cm³/mol. The van der Waals surface area contributed by atoms with Gasteiger partial charge in [0, 0.05) is 4.88 Å². The average molecular weight is 258 g/mol. The molecule has 4 nitrogen and oxygen atoms in total. The van der Waals surface area contributed by atoms with Crippen LogP contribution in [0.5, 0.6) is 0 Å². The van der Waals surface area contributed by atoms with Crippen LogP contribution in [0.15, 0.2) is 29.9 Å². The number of anilines is 1. The van der Waals surface area contributed by atoms with Crippen molar-refractivity contribution >= 4 is 17.2 Å². The van der Waals surface area contributed by atoms with E-state index >= 15 is 0 Å². The summed E-state index contributed by atoms with van der Waals surface area (Å²) in [7, 11) is 0. The number of nitrogens with one attached hydrogen (secondary N) is 1. The van der Waals surface area contributed by atoms with Gasteiger partial charge in [-0.05, 0) is 17.9 Å². The van der Waals surface area contributed by atoms with Crippen LogP contribution in [-0.2, 0) is 0 Å². The molecule has 0 aliphatic heterocycles. The second kappa shape index (κ2) is 6.12. The van der Waals surface area contributed by atoms with Crippen molar-refractivity contribution in [3.8, 4) is 6.07 Å². The molecule has 2 aromatic rings. The van der Waals surface area contributed by atoms with Gasteiger partial charge in [-0.2, -0.15) is 5.26 Å². The van der Waals surface area contributed by atoms with Crippen LogP contribution < -0.4 is 5.32 Å². The number of nitrogens with zero attached hydrogens (tertiary/aromatic N) is 3. The fraction of sp³-hybridized carbons (Fsp3) is 0.308. The zero-order valence-corrected chi connectivity index (χ0v) is 10.9. The molecule has 2 rings (SSSR count). The summed E-state index contributed by atoms with van der Waals surface area (Å²) in [6.45, 7) is 2.16. The van der Waals surface area contributed by atoms with Crippen molar-refractivity contribution in [2.24, 2.45) is 0 Å². The van der Waals surface area contributed by atoms with Gasteiger partial charge < -0.3 is 5.32 Å². The molecule has 0 aliphatic rings. The molecular formula is C13H14N4S. The topological polar surface area (TPSA) is 61.6 Å². The van der Waals surface area contributed by atoms with Crippen molar-refractivity contribution in [2.45, 2.75) is 25.8 Å². The third-order valence-electron chi connectivity index (χ3n) is 2.55. The molecule has 1 unspecified atom stereocenters. The summed E-state index contributed by atoms with van der Waals surface area (Å²) in [4.78, 5) is 9.49. The molecule has 0 fully saturated rings. The second-order valence-corrected chi connectivity index (χ2v) is 4.88. The van der Waals surface area contributed by atoms with E-state index in [1.54, 1.807) is 17.5 Å². The van der Waals surface area contributed by atoms with Gasteiger partial charge in [-0.3, -0.25) is 0 Å². The maximum Gasteiger partial charge on any atom is 0.158 e. The number of nitriles is 1. The number of hydrogen-bond acceptors (Lipinski definition) is 5. The van der Waals surface area contributed by atoms with Crippen LogP contribution in [0, 0.1) is 11.3 Å². The minimum absolute atomic E-state index is 0.261. The van der Waals surface area contributed by atoms with E-state index in [2.05, 4.69) is 39.7 Å². The van der Waals surface area contributed by atoms with Crippen molar-refractivity contribution in [3.63, 3.8) is 0 Å². The van der Waals surface area contributed by atoms with Crippen LogP contribution in [0.2, 0.25) is 0 Å². The third kappa shape index (κ3) is 3.05. The Morgan fingerprint density at radius 2 is 2.33 bits per heavy atom. The van der Waals surface area contributed by atoms with E-state index in [0.717, 1.165) is 12.8 Å². The van der Waals surface area contributed by atoms with Gasteiger partial charge in [-0.25, -0.2) is 9.97 Å². The van der Waals surface area contributed by atoms with Crippen LogP contribution in [0.1, 0.15) is 36.4 Å². The molecule has 2 heterocycles. The van der Waals surface area contributed by atoms with Gasteiger partial charge in [0.1, 0.15) is 11.9 Å². The number of thiophene rings is 1. The Kier molecular flexibility index (Phi) is 4.26. The lowest BCUT2D eigenvalue weighted by atomic mass is 10.1. The first kappa shape index (κ1) is 12.5. The highest BCUT2D eigenvalue weighted by Gasteiger charge is 2.12. The lowest BCUT2D eigenvalue weighted by Crippen LogP contribution is -2.10. The van der Waals surface area contributed by atoms with Crippen molar-refractivity contribution < 1.29 is 0 Å². The van der Waals surface area contributed by atoms with Gasteiger partial charge in [0.15, 0.2) is 5.69 Å². The summed E-state index contributed by atoms with van der Waals surface area (Å²) in [5, 5.41) is 14.1. The first-order valence-corrected chi connectivity index (χ1v) is 6.73. The van der Waals surface area contributed by atoms with Gasteiger partial charge in [0.05, 0.1) is 18.4 Å². The quantitative estimate of drug-likeness (QED) is 0.893. The van der Waals surface area contributed by atoms with Gasteiger partial charge in [-0.1, -0.05) is 19.4 Å². The van der Waals surface area contributed by atoms with Crippen LogP contribution in [-0.4, -0.2) is 9.97 Å². The van der Waals surface area contributed by atoms with E-state index in [1.165, 1.54) is 11.1 Å². The molecule has 0 radical (unpaired) electrons. The van der Waals surface area contributed by atoms with E-state index in [1.807, 2.05) is 6.07 Å². The molecule has 0 amide bonds. The van der Waals surface area contributed by atoms with E-state index in [-0.39, 0.29) is 6.04 Å². The fourth-order valence-electron chi connectivity index (χ4n) is 1.70. The highest BCUT2D eigenvalue weighted by atomic mass is 32.1. The van der Waals surface area contributed by atoms with Gasteiger partial charge in [0.25, 0.3) is 0 Å². The van der Waals surface area contributed by atoms with E-state index < -0.39 is 0 Å². The van der Waals surface area contributed by atoms with Gasteiger partial charge >= 0.3 is 0 Å². The summed E-state index contributed by atoms with van der Waals surface area (Å²) >= 11 is 1.73. The van der Waals surface area contributed by atoms with E-state index in [0.29, 0.717) is 11.5 Å². The lowest BCUT2D eigenvalue weighted by Gasteiger charge is -2.16. The smallest absolute Gasteiger partial charge is 0.158 e. The van der Waals surface area contributed by atoms with Crippen LogP contribution >= 0.6 is 11.3 Å². The fourth-order valence-corrected chi connectivity index (χ4v) is 2.52. The molecule has 0 bridgehead atoms. The molecule has 92 valence electrons. The minimum atomic E-state index is 0.261. The van der Waals surface area contributed by atoms with Crippen LogP contribution in [0.3, 0.4) is 0 Å². The maximum atomic E-state index is 8.67. The van der Waals surface area contributed by atoms with Crippen molar-refractivity contribution in [1.82, 2.24) is 9.97 Å². The summed E-state index contributed by atoms with van der Waals surface area (Å²) < 4.78 is 0. The molecule has 5 heteroatoms. The highest BCUT2D eigenvalue weighted by molar-refractivity contribution is 7.10. The Bertz CT molecular complexity index is 513. The van der Waals surface area contributed by atoms with Crippen molar-refractivity contribution in [1.29, 1.82) is 5.26 Å². The van der Waals surface area contributed by atoms with Gasteiger partial charge in [0.2, 0.25) is 0 Å². The largest absolute Gasteiger partial charge is 0.361 e. The normalized spacial score (nSPS) is 11.8. The number of aromatic nitrogens is 2. The summed E-state index contributed by atoms with van der Waals surface area (Å²) in [6, 6.07) is 6.39. The Morgan fingerprint density at radius 1 is 1.44 bits per heavy atom. The molecule has 1 atom stereocenters. The van der Waals surface area contributed by atoms with E-state index in [4.69, 9.17) is 5.26 Å². The van der Waals surface area contributed by atoms with Crippen molar-refractivity contribution in [2.75, 3.05) is 5.32 Å². The Morgan fingerprint density at radius 3 is 2.89 bits per heavy atom. The number of hydrogen-bond donors (Lipinski definition) is 1. The Labute approximate surface area is 110 Å². The van der Waals surface area contributed by atoms with Crippen molar-refractivity contribution in [3.05, 3.63) is 40.5 Å². The molecule has 1 N–H and O–H groups in total. The zero-order chi connectivity index (χ0) is 12.8. The predicted octanol–water partition coefficient (Wildman–Crippen LogP) is 3.36. The molecule has 2 aromatic heterocycles. The first-order valence-electron chi connectivity index (χ1n) is 5.85. The highest BCUT2D eigenvalue weighted by Crippen LogP contribution is 2.26. The molecule has 18 heavy (non-hydrogen) atoms. The SMILES string of the molecule is CCCC(Nc1cnc(C#N)cn1)c1cccs1. The molecule has 0 saturated carbocycles. The summed E-state index contributed by atoms with van der Waals surface area (Å²) in [6.07, 6.45) is 5.23. The monoisotopic (exact) mass is 258 g/mol. The average Bonchev–Trinajstić information content (AvgIpc) is 2.93. The third-order valence-corrected chi connectivity index (χ3v) is 3.54. The van der Waals surface area contributed by atoms with Crippen LogP contribution in [0.25, 0.3) is 0 Å². The Hall–Kier alpha value is -1.93. The summed E-state index contributed by atoms with van der Waals surface area (Å²) in [5.74, 6) is 0.709. The zero-order valence-electron chi connectivity index (χ0n) is 10.1. The lowest BCUT2D eigenvalue weighted by molar-refractivity contribution is 0.684.